The largest absolute Gasteiger partial charge is 0.318 e. The molecule has 0 heterocycles. The lowest BCUT2D eigenvalue weighted by molar-refractivity contribution is 0.344. The summed E-state index contributed by atoms with van der Waals surface area (Å²) in [7, 11) is 0. The molecule has 0 atom stereocenters. The Balaban J connectivity index is 2.02. The van der Waals surface area contributed by atoms with Crippen molar-refractivity contribution >= 4 is 0 Å². The van der Waals surface area contributed by atoms with E-state index < -0.39 is 0 Å². The lowest BCUT2D eigenvalue weighted by atomic mass is 9.89. The Morgan fingerprint density at radius 2 is 1.90 bits per heavy atom. The van der Waals surface area contributed by atoms with Gasteiger partial charge in [0.1, 0.15) is 0 Å². The normalized spacial score (nSPS) is 21.3. The fourth-order valence-electron chi connectivity index (χ4n) is 1.68. The summed E-state index contributed by atoms with van der Waals surface area (Å²) in [5, 5.41) is 3.20. The molecule has 1 aliphatic rings. The van der Waals surface area contributed by atoms with Gasteiger partial charge in [-0.25, -0.2) is 0 Å². The molecule has 60 valence electrons. The van der Waals surface area contributed by atoms with Crippen molar-refractivity contribution in [3.63, 3.8) is 0 Å². The Kier molecular flexibility index (Phi) is 3.76. The number of rotatable bonds is 3. The van der Waals surface area contributed by atoms with E-state index in [1.807, 2.05) is 0 Å². The first-order valence-corrected chi connectivity index (χ1v) is 4.34. The van der Waals surface area contributed by atoms with Crippen LogP contribution in [-0.2, 0) is 0 Å². The van der Waals surface area contributed by atoms with E-state index in [9.17, 15) is 0 Å². The van der Waals surface area contributed by atoms with Crippen molar-refractivity contribution in [1.29, 1.82) is 0 Å². The highest BCUT2D eigenvalue weighted by molar-refractivity contribution is 4.66. The fraction of sp³-hybridized carbons (Fsp3) is 1.00. The number of hydrogen-bond acceptors (Lipinski definition) is 2. The first-order chi connectivity index (χ1) is 4.93. The average molecular weight is 142 g/mol. The second-order valence-corrected chi connectivity index (χ2v) is 3.16. The van der Waals surface area contributed by atoms with Crippen molar-refractivity contribution in [2.45, 2.75) is 32.1 Å². The first-order valence-electron chi connectivity index (χ1n) is 4.34. The summed E-state index contributed by atoms with van der Waals surface area (Å²) in [4.78, 5) is 0. The van der Waals surface area contributed by atoms with Gasteiger partial charge >= 0.3 is 0 Å². The predicted molar refractivity (Wildman–Crippen MR) is 43.6 cm³/mol. The summed E-state index contributed by atoms with van der Waals surface area (Å²) >= 11 is 0. The van der Waals surface area contributed by atoms with Crippen molar-refractivity contribution in [2.75, 3.05) is 13.2 Å². The van der Waals surface area contributed by atoms with Gasteiger partial charge in [-0.15, -0.1) is 0 Å². The van der Waals surface area contributed by atoms with Gasteiger partial charge in [-0.1, -0.05) is 19.3 Å². The van der Waals surface area contributed by atoms with Gasteiger partial charge in [-0.05, 0) is 25.3 Å². The number of nitrogens with two attached hydrogens (primary N) is 1. The summed E-state index contributed by atoms with van der Waals surface area (Å²) in [6.45, 7) is 1.77. The molecule has 0 unspecified atom stereocenters. The lowest BCUT2D eigenvalue weighted by Crippen LogP contribution is -2.29. The predicted octanol–water partition coefficient (Wildman–Crippen LogP) is 1.07. The highest BCUT2D eigenvalue weighted by Gasteiger charge is 2.11. The fourth-order valence-corrected chi connectivity index (χ4v) is 1.68. The van der Waals surface area contributed by atoms with Crippen molar-refractivity contribution in [1.82, 2.24) is 5.32 Å². The van der Waals surface area contributed by atoms with Crippen LogP contribution in [0.25, 0.3) is 0 Å². The minimum Gasteiger partial charge on any atom is -0.318 e. The Bertz CT molecular complexity index is 77.3. The molecule has 0 bridgehead atoms. The smallest absolute Gasteiger partial charge is 0.0428 e. The van der Waals surface area contributed by atoms with Crippen LogP contribution in [0.5, 0.6) is 0 Å². The summed E-state index contributed by atoms with van der Waals surface area (Å²) in [5.74, 6) is 0.914. The van der Waals surface area contributed by atoms with Gasteiger partial charge < -0.3 is 11.1 Å². The third-order valence-electron chi connectivity index (χ3n) is 2.30. The van der Waals surface area contributed by atoms with Gasteiger partial charge in [-0.2, -0.15) is 0 Å². The molecular formula is C8H18N2. The molecule has 3 N–H and O–H groups in total. The Morgan fingerprint density at radius 1 is 1.20 bits per heavy atom. The van der Waals surface area contributed by atoms with Crippen LogP contribution >= 0.6 is 0 Å². The van der Waals surface area contributed by atoms with Crippen LogP contribution < -0.4 is 11.1 Å². The minimum atomic E-state index is 0.635. The van der Waals surface area contributed by atoms with Gasteiger partial charge in [0.15, 0.2) is 0 Å². The van der Waals surface area contributed by atoms with E-state index in [4.69, 9.17) is 5.73 Å². The summed E-state index contributed by atoms with van der Waals surface area (Å²) in [6.07, 6.45) is 7.12. The molecule has 1 fully saturated rings. The summed E-state index contributed by atoms with van der Waals surface area (Å²) in [5.41, 5.74) is 5.33. The molecular weight excluding hydrogens is 124 g/mol. The third-order valence-corrected chi connectivity index (χ3v) is 2.30. The van der Waals surface area contributed by atoms with Gasteiger partial charge in [0.05, 0.1) is 0 Å². The quantitative estimate of drug-likeness (QED) is 0.578. The van der Waals surface area contributed by atoms with Crippen LogP contribution in [0.1, 0.15) is 32.1 Å². The maximum Gasteiger partial charge on any atom is 0.0428 e. The second kappa shape index (κ2) is 4.69. The van der Waals surface area contributed by atoms with Gasteiger partial charge in [0.25, 0.3) is 0 Å². The van der Waals surface area contributed by atoms with E-state index >= 15 is 0 Å². The average Bonchev–Trinajstić information content (AvgIpc) is 2.03. The molecule has 0 aromatic carbocycles. The van der Waals surface area contributed by atoms with E-state index in [0.29, 0.717) is 6.67 Å². The molecule has 1 rings (SSSR count). The monoisotopic (exact) mass is 142 g/mol. The Hall–Kier alpha value is -0.0800. The zero-order valence-electron chi connectivity index (χ0n) is 6.60. The zero-order chi connectivity index (χ0) is 7.23. The van der Waals surface area contributed by atoms with Crippen LogP contribution in [0.3, 0.4) is 0 Å². The molecule has 0 saturated heterocycles. The van der Waals surface area contributed by atoms with Crippen LogP contribution in [0.15, 0.2) is 0 Å². The first kappa shape index (κ1) is 8.02. The Morgan fingerprint density at radius 3 is 2.50 bits per heavy atom. The molecule has 0 aromatic rings. The van der Waals surface area contributed by atoms with Crippen LogP contribution in [0.2, 0.25) is 0 Å². The molecule has 0 aliphatic heterocycles. The molecule has 2 nitrogen and oxygen atoms in total. The van der Waals surface area contributed by atoms with E-state index in [1.54, 1.807) is 0 Å². The summed E-state index contributed by atoms with van der Waals surface area (Å²) in [6, 6.07) is 0. The van der Waals surface area contributed by atoms with E-state index in [1.165, 1.54) is 32.1 Å². The zero-order valence-corrected chi connectivity index (χ0v) is 6.60. The van der Waals surface area contributed by atoms with Crippen LogP contribution in [0.4, 0.5) is 0 Å². The van der Waals surface area contributed by atoms with Crippen molar-refractivity contribution in [2.24, 2.45) is 11.7 Å². The summed E-state index contributed by atoms with van der Waals surface area (Å²) < 4.78 is 0. The van der Waals surface area contributed by atoms with Crippen LogP contribution in [-0.4, -0.2) is 13.2 Å². The van der Waals surface area contributed by atoms with Crippen molar-refractivity contribution in [3.05, 3.63) is 0 Å². The maximum absolute atomic E-state index is 5.33. The molecule has 0 spiro atoms. The molecule has 1 saturated carbocycles. The molecule has 0 radical (unpaired) electrons. The number of nitrogens with one attached hydrogen (secondary N) is 1. The highest BCUT2D eigenvalue weighted by atomic mass is 14.9. The van der Waals surface area contributed by atoms with Gasteiger partial charge in [0, 0.05) is 6.67 Å². The topological polar surface area (TPSA) is 38.0 Å². The minimum absolute atomic E-state index is 0.635. The van der Waals surface area contributed by atoms with Gasteiger partial charge in [0.2, 0.25) is 0 Å². The van der Waals surface area contributed by atoms with Crippen molar-refractivity contribution in [3.8, 4) is 0 Å². The maximum atomic E-state index is 5.33. The van der Waals surface area contributed by atoms with Gasteiger partial charge in [-0.3, -0.25) is 0 Å². The molecule has 2 heteroatoms. The molecule has 0 amide bonds. The van der Waals surface area contributed by atoms with E-state index in [2.05, 4.69) is 5.32 Å². The Labute approximate surface area is 63.2 Å². The van der Waals surface area contributed by atoms with E-state index in [0.717, 1.165) is 12.5 Å². The SMILES string of the molecule is NCNCC1CCCCC1. The molecule has 0 aromatic heterocycles. The third kappa shape index (κ3) is 2.67. The van der Waals surface area contributed by atoms with Crippen LogP contribution in [0, 0.1) is 5.92 Å². The number of hydrogen-bond donors (Lipinski definition) is 2. The second-order valence-electron chi connectivity index (χ2n) is 3.16. The van der Waals surface area contributed by atoms with Crippen molar-refractivity contribution < 1.29 is 0 Å². The highest BCUT2D eigenvalue weighted by Crippen LogP contribution is 2.22. The molecule has 1 aliphatic carbocycles. The molecule has 10 heavy (non-hydrogen) atoms. The van der Waals surface area contributed by atoms with E-state index in [-0.39, 0.29) is 0 Å². The lowest BCUT2D eigenvalue weighted by Gasteiger charge is -2.21. The standard InChI is InChI=1S/C8H18N2/c9-7-10-6-8-4-2-1-3-5-8/h8,10H,1-7,9H2.